The predicted octanol–water partition coefficient (Wildman–Crippen LogP) is -3.95. The maximum absolute atomic E-state index is 11.1. The minimum atomic E-state index is -1.59. The molecule has 1 aliphatic rings. The molecule has 1 rings (SSSR count). The quantitative estimate of drug-likeness (QED) is 0.245. The van der Waals surface area contributed by atoms with Crippen LogP contribution in [0.3, 0.4) is 0 Å². The lowest BCUT2D eigenvalue weighted by Gasteiger charge is -2.40. The first-order valence-electron chi connectivity index (χ1n) is 7.24. The van der Waals surface area contributed by atoms with Gasteiger partial charge in [0.15, 0.2) is 6.29 Å². The highest BCUT2D eigenvalue weighted by atomic mass is 16.7. The molecule has 8 atom stereocenters. The first-order chi connectivity index (χ1) is 10.7. The number of amides is 1. The zero-order valence-electron chi connectivity index (χ0n) is 12.9. The van der Waals surface area contributed by atoms with Crippen molar-refractivity contribution < 1.29 is 44.9 Å². The Morgan fingerprint density at radius 2 is 1.83 bits per heavy atom. The number of nitrogens with one attached hydrogen (secondary N) is 1. The van der Waals surface area contributed by atoms with Crippen molar-refractivity contribution in [2.75, 3.05) is 13.2 Å². The second kappa shape index (κ2) is 8.85. The zero-order chi connectivity index (χ0) is 17.7. The molecule has 0 spiro atoms. The van der Waals surface area contributed by atoms with Gasteiger partial charge in [0.25, 0.3) is 0 Å². The highest BCUT2D eigenvalue weighted by Crippen LogP contribution is 2.22. The molecule has 0 bridgehead atoms. The third-order valence-electron chi connectivity index (χ3n) is 3.58. The van der Waals surface area contributed by atoms with Crippen molar-refractivity contribution in [1.82, 2.24) is 5.32 Å². The molecule has 1 aliphatic heterocycles. The van der Waals surface area contributed by atoms with Gasteiger partial charge in [-0.1, -0.05) is 0 Å². The van der Waals surface area contributed by atoms with Crippen molar-refractivity contribution in [2.24, 2.45) is 0 Å². The number of ether oxygens (including phenoxy) is 2. The van der Waals surface area contributed by atoms with Crippen LogP contribution in [0.4, 0.5) is 0 Å². The van der Waals surface area contributed by atoms with E-state index in [1.54, 1.807) is 0 Å². The first kappa shape index (κ1) is 20.2. The van der Waals surface area contributed by atoms with E-state index in [1.807, 2.05) is 0 Å². The summed E-state index contributed by atoms with van der Waals surface area (Å²) in [5.74, 6) is -0.466. The molecule has 0 aromatic rings. The van der Waals surface area contributed by atoms with Crippen LogP contribution in [0.2, 0.25) is 0 Å². The van der Waals surface area contributed by atoms with E-state index in [-0.39, 0.29) is 6.61 Å². The van der Waals surface area contributed by atoms with Gasteiger partial charge in [0.1, 0.15) is 30.5 Å². The predicted molar refractivity (Wildman–Crippen MR) is 75.0 cm³/mol. The van der Waals surface area contributed by atoms with Crippen molar-refractivity contribution in [1.29, 1.82) is 0 Å². The van der Waals surface area contributed by atoms with E-state index in [1.165, 1.54) is 13.8 Å². The Hall–Kier alpha value is -0.850. The number of carbonyl (C=O) groups is 1. The second-order valence-electron chi connectivity index (χ2n) is 5.57. The average molecular weight is 339 g/mol. The number of aliphatic hydroxyl groups is 6. The van der Waals surface area contributed by atoms with Crippen LogP contribution in [-0.4, -0.2) is 98.7 Å². The van der Waals surface area contributed by atoms with Gasteiger partial charge in [0.2, 0.25) is 5.91 Å². The molecule has 0 saturated carbocycles. The monoisotopic (exact) mass is 339 g/mol. The molecule has 7 N–H and O–H groups in total. The molecule has 1 saturated heterocycles. The fraction of sp³-hybridized carbons (Fsp3) is 0.923. The lowest BCUT2D eigenvalue weighted by molar-refractivity contribution is -0.303. The third kappa shape index (κ3) is 5.33. The summed E-state index contributed by atoms with van der Waals surface area (Å²) in [6.07, 6.45) is -9.68. The van der Waals surface area contributed by atoms with Crippen molar-refractivity contribution in [3.63, 3.8) is 0 Å². The maximum atomic E-state index is 11.1. The van der Waals surface area contributed by atoms with Gasteiger partial charge in [-0.15, -0.1) is 0 Å². The molecule has 1 fully saturated rings. The number of rotatable bonds is 7. The minimum Gasteiger partial charge on any atom is -0.394 e. The van der Waals surface area contributed by atoms with Gasteiger partial charge in [-0.2, -0.15) is 0 Å². The Balaban J connectivity index is 2.69. The normalized spacial score (nSPS) is 35.4. The van der Waals surface area contributed by atoms with Crippen LogP contribution >= 0.6 is 0 Å². The van der Waals surface area contributed by atoms with E-state index in [2.05, 4.69) is 5.32 Å². The number of aliphatic hydroxyl groups excluding tert-OH is 6. The maximum Gasteiger partial charge on any atom is 0.217 e. The summed E-state index contributed by atoms with van der Waals surface area (Å²) in [4.78, 5) is 11.1. The molecule has 10 nitrogen and oxygen atoms in total. The van der Waals surface area contributed by atoms with Crippen molar-refractivity contribution in [3.05, 3.63) is 0 Å². The molecule has 23 heavy (non-hydrogen) atoms. The van der Waals surface area contributed by atoms with Gasteiger partial charge < -0.3 is 45.4 Å². The molecule has 0 aromatic heterocycles. The Bertz CT molecular complexity index is 378. The Morgan fingerprint density at radius 3 is 2.30 bits per heavy atom. The highest BCUT2D eigenvalue weighted by molar-refractivity contribution is 5.73. The average Bonchev–Trinajstić information content (AvgIpc) is 2.49. The molecule has 1 amide bonds. The van der Waals surface area contributed by atoms with E-state index in [4.69, 9.17) is 14.6 Å². The standard InChI is InChI=1S/C13H25NO9/c1-5(16)9(18)7(14-6(2)17)4-22-13-12(21)11(20)10(19)8(3-15)23-13/h5,7-13,15-16,18-21H,3-4H2,1-2H3,(H,14,17)/t5-,7+,8?,9-,10-,11?,12?,13?/m1/s1. The fourth-order valence-electron chi connectivity index (χ4n) is 2.23. The van der Waals surface area contributed by atoms with Crippen LogP contribution in [0.25, 0.3) is 0 Å². The molecule has 136 valence electrons. The van der Waals surface area contributed by atoms with Crippen LogP contribution in [0.5, 0.6) is 0 Å². The largest absolute Gasteiger partial charge is 0.394 e. The zero-order valence-corrected chi connectivity index (χ0v) is 12.9. The molecule has 0 aliphatic carbocycles. The van der Waals surface area contributed by atoms with Gasteiger partial charge >= 0.3 is 0 Å². The smallest absolute Gasteiger partial charge is 0.217 e. The highest BCUT2D eigenvalue weighted by Gasteiger charge is 2.44. The van der Waals surface area contributed by atoms with E-state index in [9.17, 15) is 30.3 Å². The van der Waals surface area contributed by atoms with Gasteiger partial charge in [0, 0.05) is 6.92 Å². The van der Waals surface area contributed by atoms with E-state index >= 15 is 0 Å². The van der Waals surface area contributed by atoms with Crippen molar-refractivity contribution >= 4 is 5.91 Å². The molecule has 4 unspecified atom stereocenters. The van der Waals surface area contributed by atoms with Crippen molar-refractivity contribution in [2.45, 2.75) is 62.8 Å². The molecule has 0 aromatic carbocycles. The fourth-order valence-corrected chi connectivity index (χ4v) is 2.23. The Morgan fingerprint density at radius 1 is 1.22 bits per heavy atom. The van der Waals surface area contributed by atoms with Crippen molar-refractivity contribution in [3.8, 4) is 0 Å². The number of carbonyl (C=O) groups excluding carboxylic acids is 1. The summed E-state index contributed by atoms with van der Waals surface area (Å²) in [5, 5.41) is 59.8. The van der Waals surface area contributed by atoms with Gasteiger partial charge in [-0.05, 0) is 6.92 Å². The van der Waals surface area contributed by atoms with Gasteiger partial charge in [-0.25, -0.2) is 0 Å². The summed E-state index contributed by atoms with van der Waals surface area (Å²) < 4.78 is 10.4. The lowest BCUT2D eigenvalue weighted by atomic mass is 9.99. The first-order valence-corrected chi connectivity index (χ1v) is 7.24. The number of hydrogen-bond donors (Lipinski definition) is 7. The summed E-state index contributed by atoms with van der Waals surface area (Å²) in [5.41, 5.74) is 0. The van der Waals surface area contributed by atoms with Crippen LogP contribution in [0, 0.1) is 0 Å². The molecule has 1 heterocycles. The molecular formula is C13H25NO9. The molecule has 10 heteroatoms. The van der Waals surface area contributed by atoms with E-state index in [0.717, 1.165) is 0 Å². The van der Waals surface area contributed by atoms with Gasteiger partial charge in [-0.3, -0.25) is 4.79 Å². The van der Waals surface area contributed by atoms with Gasteiger partial charge in [0.05, 0.1) is 25.4 Å². The van der Waals surface area contributed by atoms with Crippen LogP contribution in [0.15, 0.2) is 0 Å². The molecular weight excluding hydrogens is 314 g/mol. The summed E-state index contributed by atoms with van der Waals surface area (Å²) in [7, 11) is 0. The van der Waals surface area contributed by atoms with Crippen LogP contribution in [0.1, 0.15) is 13.8 Å². The Kier molecular flexibility index (Phi) is 7.77. The lowest BCUT2D eigenvalue weighted by Crippen LogP contribution is -2.60. The minimum absolute atomic E-state index is 0.339. The second-order valence-corrected chi connectivity index (χ2v) is 5.57. The molecule has 0 radical (unpaired) electrons. The summed E-state index contributed by atoms with van der Waals surface area (Å²) >= 11 is 0. The van der Waals surface area contributed by atoms with Crippen LogP contribution < -0.4 is 5.32 Å². The SMILES string of the molecule is CC(=O)N[C@@H](COC1OC(CO)[C@@H](O)C(O)C1O)[C@H](O)[C@@H](C)O. The van der Waals surface area contributed by atoms with Crippen LogP contribution in [-0.2, 0) is 14.3 Å². The summed E-state index contributed by atoms with van der Waals surface area (Å²) in [6, 6.07) is -0.986. The Labute approximate surface area is 133 Å². The summed E-state index contributed by atoms with van der Waals surface area (Å²) in [6.45, 7) is 1.60. The number of hydrogen-bond acceptors (Lipinski definition) is 9. The third-order valence-corrected chi connectivity index (χ3v) is 3.58. The van der Waals surface area contributed by atoms with E-state index in [0.29, 0.717) is 0 Å². The van der Waals surface area contributed by atoms with E-state index < -0.39 is 61.5 Å². The topological polar surface area (TPSA) is 169 Å².